The molecule has 0 radical (unpaired) electrons. The van der Waals surface area contributed by atoms with E-state index in [9.17, 15) is 13.2 Å². The summed E-state index contributed by atoms with van der Waals surface area (Å²) in [6.07, 6.45) is 2.91. The topological polar surface area (TPSA) is 56.7 Å². The highest BCUT2D eigenvalue weighted by Gasteiger charge is 2.16. The van der Waals surface area contributed by atoms with E-state index in [1.807, 2.05) is 0 Å². The van der Waals surface area contributed by atoms with Gasteiger partial charge in [0.25, 0.3) is 0 Å². The van der Waals surface area contributed by atoms with Crippen LogP contribution in [0.5, 0.6) is 0 Å². The van der Waals surface area contributed by atoms with E-state index in [2.05, 4.69) is 10.1 Å². The molecule has 3 rings (SSSR count). The predicted molar refractivity (Wildman–Crippen MR) is 69.0 cm³/mol. The van der Waals surface area contributed by atoms with Crippen LogP contribution in [0.2, 0.25) is 0 Å². The zero-order chi connectivity index (χ0) is 14.3. The second-order valence-corrected chi connectivity index (χ2v) is 4.83. The second kappa shape index (κ2) is 4.64. The van der Waals surface area contributed by atoms with E-state index in [0.717, 1.165) is 10.7 Å². The zero-order valence-electron chi connectivity index (χ0n) is 9.85. The van der Waals surface area contributed by atoms with Gasteiger partial charge in [0.05, 0.1) is 11.9 Å². The average Bonchev–Trinajstić information content (AvgIpc) is 3.02. The third-order valence-electron chi connectivity index (χ3n) is 2.61. The van der Waals surface area contributed by atoms with Crippen LogP contribution >= 0.6 is 11.3 Å². The first-order chi connectivity index (χ1) is 9.56. The first-order valence-electron chi connectivity index (χ1n) is 5.46. The lowest BCUT2D eigenvalue weighted by molar-refractivity contribution is 0.491. The first-order valence-corrected chi connectivity index (χ1v) is 6.34. The number of nitrogens with zero attached hydrogens (tertiary/aromatic N) is 3. The van der Waals surface area contributed by atoms with Crippen molar-refractivity contribution in [2.45, 2.75) is 0 Å². The van der Waals surface area contributed by atoms with Gasteiger partial charge in [-0.3, -0.25) is 0 Å². The van der Waals surface area contributed by atoms with Gasteiger partial charge in [0.15, 0.2) is 17.5 Å². The van der Waals surface area contributed by atoms with E-state index in [0.29, 0.717) is 16.8 Å². The van der Waals surface area contributed by atoms with Gasteiger partial charge in [0, 0.05) is 23.7 Å². The van der Waals surface area contributed by atoms with Gasteiger partial charge in [-0.25, -0.2) is 22.8 Å². The standard InChI is InChI=1S/C12H7F3N4S/c13-6-3-8(15)10(4-7(6)14)19-5-9(16)11(18-19)12-17-1-2-20-12/h1-5H,16H2. The van der Waals surface area contributed by atoms with Crippen LogP contribution in [0.1, 0.15) is 0 Å². The number of rotatable bonds is 2. The monoisotopic (exact) mass is 296 g/mol. The molecular weight excluding hydrogens is 289 g/mol. The summed E-state index contributed by atoms with van der Waals surface area (Å²) in [5, 5.41) is 6.37. The molecule has 0 aliphatic rings. The molecule has 0 unspecified atom stereocenters. The number of anilines is 1. The van der Waals surface area contributed by atoms with E-state index in [-0.39, 0.29) is 11.4 Å². The van der Waals surface area contributed by atoms with Crippen molar-refractivity contribution in [3.05, 3.63) is 47.4 Å². The maximum Gasteiger partial charge on any atom is 0.161 e. The van der Waals surface area contributed by atoms with E-state index in [4.69, 9.17) is 5.73 Å². The Morgan fingerprint density at radius 3 is 2.55 bits per heavy atom. The molecule has 0 spiro atoms. The minimum Gasteiger partial charge on any atom is -0.396 e. The number of benzene rings is 1. The second-order valence-electron chi connectivity index (χ2n) is 3.93. The maximum atomic E-state index is 13.7. The molecule has 0 aliphatic carbocycles. The van der Waals surface area contributed by atoms with Crippen LogP contribution < -0.4 is 5.73 Å². The van der Waals surface area contributed by atoms with E-state index in [1.165, 1.54) is 17.5 Å². The fourth-order valence-electron chi connectivity index (χ4n) is 1.70. The molecule has 0 bridgehead atoms. The van der Waals surface area contributed by atoms with Crippen LogP contribution in [0, 0.1) is 17.5 Å². The van der Waals surface area contributed by atoms with E-state index >= 15 is 0 Å². The minimum atomic E-state index is -1.26. The maximum absolute atomic E-state index is 13.7. The van der Waals surface area contributed by atoms with Crippen molar-refractivity contribution in [3.8, 4) is 16.4 Å². The van der Waals surface area contributed by atoms with Crippen molar-refractivity contribution in [1.82, 2.24) is 14.8 Å². The largest absolute Gasteiger partial charge is 0.396 e. The van der Waals surface area contributed by atoms with Gasteiger partial charge >= 0.3 is 0 Å². The summed E-state index contributed by atoms with van der Waals surface area (Å²) in [6.45, 7) is 0. The van der Waals surface area contributed by atoms with Gasteiger partial charge in [0.2, 0.25) is 0 Å². The highest BCUT2D eigenvalue weighted by molar-refractivity contribution is 7.13. The lowest BCUT2D eigenvalue weighted by Gasteiger charge is -2.03. The van der Waals surface area contributed by atoms with Gasteiger partial charge in [0.1, 0.15) is 16.4 Å². The van der Waals surface area contributed by atoms with Crippen LogP contribution in [-0.2, 0) is 0 Å². The molecule has 20 heavy (non-hydrogen) atoms. The molecule has 4 nitrogen and oxygen atoms in total. The smallest absolute Gasteiger partial charge is 0.161 e. The van der Waals surface area contributed by atoms with Crippen LogP contribution in [0.3, 0.4) is 0 Å². The molecule has 3 aromatic rings. The Labute approximate surface area is 115 Å². The summed E-state index contributed by atoms with van der Waals surface area (Å²) < 4.78 is 40.8. The summed E-state index contributed by atoms with van der Waals surface area (Å²) in [5.74, 6) is -3.35. The molecule has 0 atom stereocenters. The molecule has 102 valence electrons. The number of nitrogen functional groups attached to an aromatic ring is 1. The SMILES string of the molecule is Nc1cn(-c2cc(F)c(F)cc2F)nc1-c1nccs1. The number of nitrogens with two attached hydrogens (primary N) is 1. The Balaban J connectivity index is 2.13. The molecular formula is C12H7F3N4S. The van der Waals surface area contributed by atoms with Crippen molar-refractivity contribution in [1.29, 1.82) is 0 Å². The summed E-state index contributed by atoms with van der Waals surface area (Å²) in [5.41, 5.74) is 6.19. The van der Waals surface area contributed by atoms with Crippen molar-refractivity contribution in [2.75, 3.05) is 5.73 Å². The molecule has 2 aromatic heterocycles. The Hall–Kier alpha value is -2.35. The van der Waals surface area contributed by atoms with Gasteiger partial charge in [-0.15, -0.1) is 11.3 Å². The van der Waals surface area contributed by atoms with Gasteiger partial charge in [-0.05, 0) is 0 Å². The first kappa shape index (κ1) is 12.7. The number of halogens is 3. The quantitative estimate of drug-likeness (QED) is 0.740. The fourth-order valence-corrected chi connectivity index (χ4v) is 2.35. The fraction of sp³-hybridized carbons (Fsp3) is 0. The Kier molecular flexibility index (Phi) is 2.94. The van der Waals surface area contributed by atoms with E-state index < -0.39 is 17.5 Å². The number of thiazole rings is 1. The molecule has 8 heteroatoms. The Morgan fingerprint density at radius 1 is 1.10 bits per heavy atom. The molecule has 2 N–H and O–H groups in total. The third kappa shape index (κ3) is 2.03. The van der Waals surface area contributed by atoms with Gasteiger partial charge < -0.3 is 5.73 Å². The Bertz CT molecular complexity index is 767. The van der Waals surface area contributed by atoms with Crippen LogP contribution in [0.25, 0.3) is 16.4 Å². The number of hydrogen-bond donors (Lipinski definition) is 1. The zero-order valence-corrected chi connectivity index (χ0v) is 10.7. The highest BCUT2D eigenvalue weighted by atomic mass is 32.1. The Morgan fingerprint density at radius 2 is 1.85 bits per heavy atom. The van der Waals surface area contributed by atoms with Gasteiger partial charge in [-0.2, -0.15) is 5.10 Å². The molecule has 1 aromatic carbocycles. The molecule has 0 fully saturated rings. The lowest BCUT2D eigenvalue weighted by Crippen LogP contribution is -2.01. The molecule has 0 amide bonds. The van der Waals surface area contributed by atoms with Gasteiger partial charge in [-0.1, -0.05) is 0 Å². The van der Waals surface area contributed by atoms with Crippen LogP contribution in [0.15, 0.2) is 29.9 Å². The molecule has 2 heterocycles. The number of hydrogen-bond acceptors (Lipinski definition) is 4. The third-order valence-corrected chi connectivity index (χ3v) is 3.39. The van der Waals surface area contributed by atoms with Crippen molar-refractivity contribution in [3.63, 3.8) is 0 Å². The number of aromatic nitrogens is 3. The summed E-state index contributed by atoms with van der Waals surface area (Å²) in [4.78, 5) is 4.04. The predicted octanol–water partition coefficient (Wildman–Crippen LogP) is 3.00. The molecule has 0 saturated carbocycles. The van der Waals surface area contributed by atoms with Crippen molar-refractivity contribution < 1.29 is 13.2 Å². The minimum absolute atomic E-state index is 0.224. The highest BCUT2D eigenvalue weighted by Crippen LogP contribution is 2.28. The normalized spacial score (nSPS) is 10.9. The lowest BCUT2D eigenvalue weighted by atomic mass is 10.3. The summed E-state index contributed by atoms with van der Waals surface area (Å²) >= 11 is 1.31. The van der Waals surface area contributed by atoms with Crippen molar-refractivity contribution in [2.24, 2.45) is 0 Å². The van der Waals surface area contributed by atoms with Crippen LogP contribution in [-0.4, -0.2) is 14.8 Å². The van der Waals surface area contributed by atoms with E-state index in [1.54, 1.807) is 11.6 Å². The summed E-state index contributed by atoms with van der Waals surface area (Å²) in [6, 6.07) is 1.19. The van der Waals surface area contributed by atoms with Crippen LogP contribution in [0.4, 0.5) is 18.9 Å². The average molecular weight is 296 g/mol. The molecule has 0 aliphatic heterocycles. The molecule has 0 saturated heterocycles. The van der Waals surface area contributed by atoms with Crippen molar-refractivity contribution >= 4 is 17.0 Å². The summed E-state index contributed by atoms with van der Waals surface area (Å²) in [7, 11) is 0.